The van der Waals surface area contributed by atoms with Crippen LogP contribution in [-0.2, 0) is 73.5 Å². The van der Waals surface area contributed by atoms with E-state index in [2.05, 4.69) is 33.6 Å². The van der Waals surface area contributed by atoms with Crippen LogP contribution in [0.1, 0.15) is 165 Å². The van der Waals surface area contributed by atoms with Crippen LogP contribution >= 0.6 is 0 Å². The maximum absolute atomic E-state index is 13.0. The van der Waals surface area contributed by atoms with Crippen molar-refractivity contribution in [2.75, 3.05) is 39.6 Å². The maximum Gasteiger partial charge on any atom is 0.343 e. The van der Waals surface area contributed by atoms with Crippen LogP contribution < -0.4 is 42.6 Å². The number of carboxylic acid groups (broad SMARTS) is 1. The number of aryl methyl sites for hydroxylation is 4. The molecule has 0 unspecified atom stereocenters. The number of aromatic hydroxyl groups is 2. The Bertz CT molecular complexity index is 5510. The number of rotatable bonds is 42. The molecule has 25 heteroatoms. The molecule has 0 saturated heterocycles. The van der Waals surface area contributed by atoms with Crippen molar-refractivity contribution >= 4 is 59.7 Å². The molecule has 11 aromatic rings. The number of phenolic OH excluding ortho intramolecular Hbond substituents is 2. The van der Waals surface area contributed by atoms with Crippen LogP contribution in [0.2, 0.25) is 0 Å². The molecule has 13 rings (SSSR count). The van der Waals surface area contributed by atoms with E-state index in [9.17, 15) is 58.2 Å². The van der Waals surface area contributed by atoms with Gasteiger partial charge in [-0.05, 0) is 301 Å². The van der Waals surface area contributed by atoms with Crippen LogP contribution in [0.25, 0.3) is 22.3 Å². The van der Waals surface area contributed by atoms with Gasteiger partial charge in [0.2, 0.25) is 0 Å². The molecule has 131 heavy (non-hydrogen) atoms. The van der Waals surface area contributed by atoms with Gasteiger partial charge in [0.05, 0.1) is 56.3 Å². The summed E-state index contributed by atoms with van der Waals surface area (Å²) in [5.74, 6) is 0.0599. The van der Waals surface area contributed by atoms with Crippen molar-refractivity contribution in [1.82, 2.24) is 0 Å². The monoisotopic (exact) mass is 1770 g/mol. The Morgan fingerprint density at radius 3 is 0.763 bits per heavy atom. The third kappa shape index (κ3) is 30.0. The molecule has 0 atom stereocenters. The molecule has 0 spiro atoms. The Labute approximate surface area is 758 Å². The number of benzene rings is 11. The van der Waals surface area contributed by atoms with Crippen molar-refractivity contribution in [3.05, 3.63) is 342 Å². The Morgan fingerprint density at radius 1 is 0.282 bits per heavy atom. The molecule has 0 bridgehead atoms. The second-order valence-corrected chi connectivity index (χ2v) is 30.4. The first-order valence-electron chi connectivity index (χ1n) is 42.8. The summed E-state index contributed by atoms with van der Waals surface area (Å²) in [6.07, 6.45) is 10.1. The van der Waals surface area contributed by atoms with Crippen LogP contribution in [0.5, 0.6) is 63.2 Å². The molecular weight excluding hydrogens is 1670 g/mol. The maximum atomic E-state index is 13.0. The Morgan fingerprint density at radius 2 is 0.511 bits per heavy atom. The summed E-state index contributed by atoms with van der Waals surface area (Å²) < 4.78 is 65.3. The topological polar surface area (TPSA) is 342 Å². The molecule has 2 aliphatic carbocycles. The summed E-state index contributed by atoms with van der Waals surface area (Å²) in [5, 5.41) is 27.5. The quantitative estimate of drug-likeness (QED) is 0.0105. The van der Waals surface area contributed by atoms with Crippen LogP contribution in [0.15, 0.2) is 281 Å². The van der Waals surface area contributed by atoms with E-state index in [4.69, 9.17) is 61.9 Å². The van der Waals surface area contributed by atoms with Gasteiger partial charge >= 0.3 is 59.7 Å². The molecule has 3 N–H and O–H groups in total. The number of ether oxygens (including phenoxy) is 12. The van der Waals surface area contributed by atoms with Gasteiger partial charge in [0, 0.05) is 55.7 Å². The summed E-state index contributed by atoms with van der Waals surface area (Å²) in [4.78, 5) is 120. The predicted octanol–water partition coefficient (Wildman–Crippen LogP) is 19.7. The van der Waals surface area contributed by atoms with Crippen molar-refractivity contribution < 1.29 is 120 Å². The third-order valence-electron chi connectivity index (χ3n) is 21.0. The molecule has 0 amide bonds. The lowest BCUT2D eigenvalue weighted by molar-refractivity contribution is -0.138. The Kier molecular flexibility index (Phi) is 35.8. The average molecular weight is 1770 g/mol. The SMILES string of the molecule is C=CC(=O)OCCCCOc1ccc(C(=O)O)cc1.C=CC(=O)OCCCCOc1ccc(C(=O)Oc2ccc(CCC(=O)Oc3ccc4c(c3)C(C)c3cc(OC(=O)CCc5ccc(OC(=O)c6ccc(OCCCCOC(=O)C=C)cc6)cc5)ccc3-4)cc2)cc1.CC1c2cc(OC(=O)CCc3ccc(O)cc3)ccc2-c2ccc(OC(=O)CCc3ccc(O)cc3)cc21. The van der Waals surface area contributed by atoms with E-state index >= 15 is 0 Å². The van der Waals surface area contributed by atoms with Gasteiger partial charge in [0.25, 0.3) is 0 Å². The highest BCUT2D eigenvalue weighted by molar-refractivity contribution is 5.92. The minimum atomic E-state index is -0.962. The third-order valence-corrected chi connectivity index (χ3v) is 21.0. The van der Waals surface area contributed by atoms with Gasteiger partial charge in [0.1, 0.15) is 63.2 Å². The van der Waals surface area contributed by atoms with Crippen LogP contribution in [0, 0.1) is 0 Å². The van der Waals surface area contributed by atoms with E-state index in [1.54, 1.807) is 182 Å². The Balaban J connectivity index is 0.000000238. The van der Waals surface area contributed by atoms with E-state index in [0.717, 1.165) is 91.4 Å². The lowest BCUT2D eigenvalue weighted by Gasteiger charge is -2.10. The molecule has 11 aromatic carbocycles. The first kappa shape index (κ1) is 96.0. The highest BCUT2D eigenvalue weighted by Crippen LogP contribution is 2.49. The summed E-state index contributed by atoms with van der Waals surface area (Å²) >= 11 is 0. The van der Waals surface area contributed by atoms with E-state index in [0.29, 0.717) is 160 Å². The second kappa shape index (κ2) is 48.9. The fourth-order valence-electron chi connectivity index (χ4n) is 13.9. The minimum Gasteiger partial charge on any atom is -0.508 e. The highest BCUT2D eigenvalue weighted by Gasteiger charge is 2.30. The molecule has 0 aromatic heterocycles. The van der Waals surface area contributed by atoms with Gasteiger partial charge < -0.3 is 72.2 Å². The largest absolute Gasteiger partial charge is 0.508 e. The zero-order valence-corrected chi connectivity index (χ0v) is 72.6. The van der Waals surface area contributed by atoms with Gasteiger partial charge in [0.15, 0.2) is 0 Å². The van der Waals surface area contributed by atoms with E-state index in [1.165, 1.54) is 12.1 Å². The lowest BCUT2D eigenvalue weighted by Crippen LogP contribution is -2.10. The number of carbonyl (C=O) groups is 10. The second-order valence-electron chi connectivity index (χ2n) is 30.4. The van der Waals surface area contributed by atoms with Crippen LogP contribution in [-0.4, -0.2) is 115 Å². The van der Waals surface area contributed by atoms with Crippen molar-refractivity contribution in [2.24, 2.45) is 0 Å². The number of unbranched alkanes of at least 4 members (excludes halogenated alkanes) is 3. The van der Waals surface area contributed by atoms with Crippen molar-refractivity contribution in [2.45, 2.75) is 116 Å². The van der Waals surface area contributed by atoms with Crippen molar-refractivity contribution in [1.29, 1.82) is 0 Å². The number of fused-ring (bicyclic) bond motifs is 6. The fourth-order valence-corrected chi connectivity index (χ4v) is 13.9. The lowest BCUT2D eigenvalue weighted by atomic mass is 9.99. The number of carboxylic acids is 1. The summed E-state index contributed by atoms with van der Waals surface area (Å²) in [7, 11) is 0. The number of hydrogen-bond acceptors (Lipinski definition) is 24. The molecule has 674 valence electrons. The predicted molar refractivity (Wildman–Crippen MR) is 488 cm³/mol. The number of aromatic carboxylic acids is 1. The van der Waals surface area contributed by atoms with E-state index in [-0.39, 0.29) is 78.5 Å². The Hall–Kier alpha value is -15.7. The average Bonchev–Trinajstić information content (AvgIpc) is 1.61. The number of phenols is 2. The van der Waals surface area contributed by atoms with Crippen LogP contribution in [0.3, 0.4) is 0 Å². The standard InChI is InChI=1S/C60H56O14.C32H28O6.C14H16O5/c1-4-55(61)69-36-8-6-34-67-45-24-16-43(17-25-45)59(65)73-47-20-10-41(11-21-47)14-32-57(63)71-49-28-30-51-52-31-29-50(39-54(52)40(3)53(51)38-49)72-58(64)33-15-42-12-22-48(23-13-42)74-60(66)44-18-26-46(27-19-44)68-35-7-9-37-70-56(62)5-2;1-20-29-18-25(37-31(35)16-6-21-2-8-23(33)9-3-21)12-14-27(29)28-15-13-26(19-30(20)28)38-32(36)17-7-22-4-10-24(34)11-5-22;1-2-13(15)19-10-4-3-9-18-12-7-5-11(6-8-12)14(16)17/h4-5,10-13,16-31,38-40H,1-2,6-9,14-15,32-37H2,3H3;2-5,8-15,18-20,33-34H,6-7,16-17H2,1H3;2,5-8H,1,3-4,9-10H2,(H,16,17). The molecule has 0 radical (unpaired) electrons. The summed E-state index contributed by atoms with van der Waals surface area (Å²) in [5.41, 5.74) is 12.9. The van der Waals surface area contributed by atoms with Gasteiger partial charge in [-0.2, -0.15) is 0 Å². The van der Waals surface area contributed by atoms with Gasteiger partial charge in [-0.1, -0.05) is 106 Å². The van der Waals surface area contributed by atoms with Gasteiger partial charge in [-0.25, -0.2) is 28.8 Å². The first-order valence-corrected chi connectivity index (χ1v) is 42.8. The molecule has 0 aliphatic heterocycles. The number of esters is 9. The molecule has 25 nitrogen and oxygen atoms in total. The molecule has 0 fully saturated rings. The normalized spacial score (nSPS) is 11.3. The number of carbonyl (C=O) groups excluding carboxylic acids is 9. The minimum absolute atomic E-state index is 0.0475. The zero-order valence-electron chi connectivity index (χ0n) is 72.6. The van der Waals surface area contributed by atoms with Crippen molar-refractivity contribution in [3.8, 4) is 85.5 Å². The molecule has 2 aliphatic rings. The van der Waals surface area contributed by atoms with E-state index in [1.807, 2.05) is 48.5 Å². The summed E-state index contributed by atoms with van der Waals surface area (Å²) in [6.45, 7) is 16.4. The fraction of sp³-hybridized carbons (Fsp3) is 0.226. The van der Waals surface area contributed by atoms with Gasteiger partial charge in [-0.3, -0.25) is 19.2 Å². The molecular formula is C106H100O25. The summed E-state index contributed by atoms with van der Waals surface area (Å²) in [6, 6.07) is 69.4. The first-order chi connectivity index (χ1) is 63.4. The van der Waals surface area contributed by atoms with E-state index < -0.39 is 35.8 Å². The smallest absolute Gasteiger partial charge is 0.343 e. The zero-order chi connectivity index (χ0) is 93.0. The molecule has 0 saturated carbocycles. The van der Waals surface area contributed by atoms with Crippen LogP contribution in [0.4, 0.5) is 0 Å². The van der Waals surface area contributed by atoms with Gasteiger partial charge in [-0.15, -0.1) is 0 Å². The highest BCUT2D eigenvalue weighted by atomic mass is 16.6. The molecule has 0 heterocycles. The van der Waals surface area contributed by atoms with Crippen molar-refractivity contribution in [3.63, 3.8) is 0 Å². The number of hydrogen-bond donors (Lipinski definition) is 3.